The van der Waals surface area contributed by atoms with Crippen molar-refractivity contribution in [2.24, 2.45) is 0 Å². The lowest BCUT2D eigenvalue weighted by Crippen LogP contribution is -2.45. The van der Waals surface area contributed by atoms with Gasteiger partial charge in [0.1, 0.15) is 13.2 Å². The molecule has 4 rings (SSSR count). The third-order valence-electron chi connectivity index (χ3n) is 5.79. The number of aryl methyl sites for hydroxylation is 1. The van der Waals surface area contributed by atoms with Crippen molar-refractivity contribution in [3.63, 3.8) is 0 Å². The molecule has 2 aliphatic rings. The number of hydrogen-bond acceptors (Lipinski definition) is 6. The Labute approximate surface area is 189 Å². The Bertz CT molecular complexity index is 1160. The summed E-state index contributed by atoms with van der Waals surface area (Å²) in [5.41, 5.74) is 0.993. The van der Waals surface area contributed by atoms with Crippen molar-refractivity contribution in [2.45, 2.75) is 48.4 Å². The molecular weight excluding hydrogens is 452 g/mol. The van der Waals surface area contributed by atoms with E-state index in [-0.39, 0.29) is 22.4 Å². The number of sulfonamides is 2. The fourth-order valence-electron chi connectivity index (χ4n) is 4.06. The van der Waals surface area contributed by atoms with Gasteiger partial charge in [-0.25, -0.2) is 21.6 Å². The Morgan fingerprint density at radius 2 is 1.62 bits per heavy atom. The van der Waals surface area contributed by atoms with E-state index in [1.54, 1.807) is 30.3 Å². The molecule has 2 heterocycles. The average molecular weight is 481 g/mol. The minimum absolute atomic E-state index is 0.0922. The summed E-state index contributed by atoms with van der Waals surface area (Å²) < 4.78 is 66.9. The summed E-state index contributed by atoms with van der Waals surface area (Å²) in [6.45, 7) is 3.29. The Kier molecular flexibility index (Phi) is 6.75. The second kappa shape index (κ2) is 9.38. The smallest absolute Gasteiger partial charge is 0.243 e. The topological polar surface area (TPSA) is 102 Å². The van der Waals surface area contributed by atoms with Crippen LogP contribution in [0.15, 0.2) is 52.3 Å². The number of ether oxygens (including phenoxy) is 2. The minimum Gasteiger partial charge on any atom is -0.486 e. The van der Waals surface area contributed by atoms with Crippen molar-refractivity contribution in [1.82, 2.24) is 9.03 Å². The van der Waals surface area contributed by atoms with Gasteiger partial charge >= 0.3 is 0 Å². The molecule has 174 valence electrons. The van der Waals surface area contributed by atoms with E-state index in [0.29, 0.717) is 44.1 Å². The second-order valence-corrected chi connectivity index (χ2v) is 11.7. The van der Waals surface area contributed by atoms with Crippen molar-refractivity contribution in [2.75, 3.05) is 26.3 Å². The summed E-state index contributed by atoms with van der Waals surface area (Å²) in [5, 5.41) is 0. The fraction of sp³-hybridized carbons (Fsp3) is 0.455. The third kappa shape index (κ3) is 4.93. The lowest BCUT2D eigenvalue weighted by molar-refractivity contribution is 0.171. The number of nitrogens with one attached hydrogen (secondary N) is 1. The Morgan fingerprint density at radius 1 is 0.938 bits per heavy atom. The number of rotatable bonds is 7. The van der Waals surface area contributed by atoms with Crippen LogP contribution >= 0.6 is 0 Å². The zero-order chi connectivity index (χ0) is 22.8. The zero-order valence-corrected chi connectivity index (χ0v) is 19.6. The SMILES string of the molecule is Cc1ccc(S(=O)(=O)N2CCCCC2CCNS(=O)(=O)c2ccc3c(c2)OCCO3)cc1. The van der Waals surface area contributed by atoms with E-state index < -0.39 is 20.0 Å². The van der Waals surface area contributed by atoms with Crippen molar-refractivity contribution in [1.29, 1.82) is 0 Å². The molecule has 0 spiro atoms. The van der Waals surface area contributed by atoms with Gasteiger partial charge in [0.05, 0.1) is 9.79 Å². The molecular formula is C22H28N2O6S2. The molecule has 1 saturated heterocycles. The molecule has 0 amide bonds. The molecule has 2 aromatic carbocycles. The van der Waals surface area contributed by atoms with Gasteiger partial charge in [-0.05, 0) is 50.5 Å². The first kappa shape index (κ1) is 23.0. The van der Waals surface area contributed by atoms with Gasteiger partial charge in [0.15, 0.2) is 11.5 Å². The highest BCUT2D eigenvalue weighted by atomic mass is 32.2. The zero-order valence-electron chi connectivity index (χ0n) is 18.0. The molecule has 2 aliphatic heterocycles. The van der Waals surface area contributed by atoms with Crippen LogP contribution < -0.4 is 14.2 Å². The van der Waals surface area contributed by atoms with Crippen LogP contribution in [-0.2, 0) is 20.0 Å². The molecule has 1 N–H and O–H groups in total. The fourth-order valence-corrected chi connectivity index (χ4v) is 6.84. The minimum atomic E-state index is -3.76. The summed E-state index contributed by atoms with van der Waals surface area (Å²) in [5.74, 6) is 0.927. The molecule has 2 aromatic rings. The number of nitrogens with zero attached hydrogens (tertiary/aromatic N) is 1. The van der Waals surface area contributed by atoms with Crippen LogP contribution in [0.25, 0.3) is 0 Å². The van der Waals surface area contributed by atoms with E-state index in [0.717, 1.165) is 18.4 Å². The maximum atomic E-state index is 13.2. The van der Waals surface area contributed by atoms with Crippen molar-refractivity contribution in [3.05, 3.63) is 48.0 Å². The molecule has 0 bridgehead atoms. The number of hydrogen-bond donors (Lipinski definition) is 1. The van der Waals surface area contributed by atoms with Crippen LogP contribution in [0.2, 0.25) is 0 Å². The molecule has 0 saturated carbocycles. The van der Waals surface area contributed by atoms with Crippen LogP contribution in [0.3, 0.4) is 0 Å². The molecule has 0 aromatic heterocycles. The Hall–Kier alpha value is -2.14. The molecule has 1 atom stereocenters. The predicted molar refractivity (Wildman–Crippen MR) is 120 cm³/mol. The van der Waals surface area contributed by atoms with Crippen LogP contribution in [0.4, 0.5) is 0 Å². The molecule has 1 fully saturated rings. The number of fused-ring (bicyclic) bond motifs is 1. The molecule has 8 nitrogen and oxygen atoms in total. The van der Waals surface area contributed by atoms with Crippen LogP contribution in [-0.4, -0.2) is 53.5 Å². The standard InChI is InChI=1S/C22H28N2O6S2/c1-17-5-7-19(8-6-17)32(27,28)24-13-3-2-4-18(24)11-12-23-31(25,26)20-9-10-21-22(16-20)30-15-14-29-21/h5-10,16,18,23H,2-4,11-15H2,1H3. The average Bonchev–Trinajstić information content (AvgIpc) is 2.79. The summed E-state index contributed by atoms with van der Waals surface area (Å²) in [6.07, 6.45) is 2.82. The van der Waals surface area contributed by atoms with Crippen molar-refractivity contribution < 1.29 is 26.3 Å². The molecule has 0 aliphatic carbocycles. The van der Waals surface area contributed by atoms with Gasteiger partial charge < -0.3 is 9.47 Å². The molecule has 0 radical (unpaired) electrons. The maximum absolute atomic E-state index is 13.2. The maximum Gasteiger partial charge on any atom is 0.243 e. The van der Waals surface area contributed by atoms with Gasteiger partial charge in [-0.1, -0.05) is 24.1 Å². The Balaban J connectivity index is 1.43. The molecule has 10 heteroatoms. The first-order chi connectivity index (χ1) is 15.3. The first-order valence-electron chi connectivity index (χ1n) is 10.8. The first-order valence-corrected chi connectivity index (χ1v) is 13.7. The normalized spacial score (nSPS) is 19.6. The lowest BCUT2D eigenvalue weighted by Gasteiger charge is -2.34. The Morgan fingerprint density at radius 3 is 2.38 bits per heavy atom. The van der Waals surface area contributed by atoms with E-state index in [4.69, 9.17) is 9.47 Å². The van der Waals surface area contributed by atoms with Gasteiger partial charge in [-0.2, -0.15) is 4.31 Å². The highest BCUT2D eigenvalue weighted by Crippen LogP contribution is 2.32. The van der Waals surface area contributed by atoms with E-state index in [2.05, 4.69) is 4.72 Å². The quantitative estimate of drug-likeness (QED) is 0.654. The van der Waals surface area contributed by atoms with Gasteiger partial charge in [-0.15, -0.1) is 0 Å². The van der Waals surface area contributed by atoms with E-state index in [1.165, 1.54) is 16.4 Å². The number of benzene rings is 2. The molecule has 32 heavy (non-hydrogen) atoms. The van der Waals surface area contributed by atoms with Gasteiger partial charge in [0.25, 0.3) is 0 Å². The van der Waals surface area contributed by atoms with Crippen LogP contribution in [0.1, 0.15) is 31.2 Å². The predicted octanol–water partition coefficient (Wildman–Crippen LogP) is 2.68. The van der Waals surface area contributed by atoms with Crippen LogP contribution in [0, 0.1) is 6.92 Å². The summed E-state index contributed by atoms with van der Waals surface area (Å²) in [4.78, 5) is 0.362. The second-order valence-electron chi connectivity index (χ2n) is 8.07. The monoisotopic (exact) mass is 480 g/mol. The summed E-state index contributed by atoms with van der Waals surface area (Å²) >= 11 is 0. The summed E-state index contributed by atoms with van der Waals surface area (Å²) in [7, 11) is -7.39. The van der Waals surface area contributed by atoms with Crippen molar-refractivity contribution in [3.8, 4) is 11.5 Å². The van der Waals surface area contributed by atoms with E-state index >= 15 is 0 Å². The highest BCUT2D eigenvalue weighted by Gasteiger charge is 2.33. The molecule has 1 unspecified atom stereocenters. The number of piperidine rings is 1. The van der Waals surface area contributed by atoms with Gasteiger partial charge in [0, 0.05) is 25.2 Å². The third-order valence-corrected chi connectivity index (χ3v) is 9.22. The van der Waals surface area contributed by atoms with Gasteiger partial charge in [-0.3, -0.25) is 0 Å². The van der Waals surface area contributed by atoms with E-state index in [9.17, 15) is 16.8 Å². The summed E-state index contributed by atoms with van der Waals surface area (Å²) in [6, 6.07) is 11.1. The lowest BCUT2D eigenvalue weighted by atomic mass is 10.0. The largest absolute Gasteiger partial charge is 0.486 e. The highest BCUT2D eigenvalue weighted by molar-refractivity contribution is 7.89. The van der Waals surface area contributed by atoms with Crippen LogP contribution in [0.5, 0.6) is 11.5 Å². The van der Waals surface area contributed by atoms with Crippen molar-refractivity contribution >= 4 is 20.0 Å². The van der Waals surface area contributed by atoms with E-state index in [1.807, 2.05) is 6.92 Å². The van der Waals surface area contributed by atoms with Gasteiger partial charge in [0.2, 0.25) is 20.0 Å².